The van der Waals surface area contributed by atoms with Crippen molar-refractivity contribution in [1.82, 2.24) is 10.2 Å². The van der Waals surface area contributed by atoms with Crippen LogP contribution in [0.3, 0.4) is 0 Å². The van der Waals surface area contributed by atoms with E-state index in [-0.39, 0.29) is 38.4 Å². The summed E-state index contributed by atoms with van der Waals surface area (Å²) in [5, 5.41) is 10.6. The molecule has 0 radical (unpaired) electrons. The molecule has 1 fully saturated rings. The van der Waals surface area contributed by atoms with Gasteiger partial charge in [0.25, 0.3) is 0 Å². The number of nitrogens with zero attached hydrogens (tertiary/aromatic N) is 4. The van der Waals surface area contributed by atoms with Crippen molar-refractivity contribution >= 4 is 51.6 Å². The molecule has 0 spiro atoms. The SMILES string of the molecule is COC(c1ccc(C)cc1N1C(=O)CSC1=NC(=O)Nc1ccc(-c2nnc(-c3ccc(OC(F)(F)F)cc3)s2)cc1F)C(F)(F)F. The number of carbonyl (C=O) groups is 2. The van der Waals surface area contributed by atoms with Gasteiger partial charge >= 0.3 is 18.6 Å². The molecule has 246 valence electrons. The van der Waals surface area contributed by atoms with Gasteiger partial charge in [0.05, 0.1) is 17.1 Å². The number of aliphatic imine (C=N–C) groups is 1. The van der Waals surface area contributed by atoms with Crippen LogP contribution in [-0.4, -0.2) is 52.7 Å². The molecule has 1 aliphatic heterocycles. The maximum absolute atomic E-state index is 15.1. The number of amidine groups is 1. The van der Waals surface area contributed by atoms with Crippen LogP contribution in [0, 0.1) is 12.7 Å². The van der Waals surface area contributed by atoms with Crippen molar-refractivity contribution in [3.8, 4) is 26.9 Å². The van der Waals surface area contributed by atoms with E-state index in [9.17, 15) is 35.9 Å². The van der Waals surface area contributed by atoms with Crippen molar-refractivity contribution in [3.05, 3.63) is 77.6 Å². The topological polar surface area (TPSA) is 106 Å². The first-order valence-corrected chi connectivity index (χ1v) is 15.0. The van der Waals surface area contributed by atoms with E-state index in [1.54, 1.807) is 6.92 Å². The van der Waals surface area contributed by atoms with E-state index in [0.29, 0.717) is 16.1 Å². The van der Waals surface area contributed by atoms with Gasteiger partial charge in [-0.15, -0.1) is 23.4 Å². The van der Waals surface area contributed by atoms with E-state index in [1.165, 1.54) is 42.5 Å². The quantitative estimate of drug-likeness (QED) is 0.194. The number of rotatable bonds is 7. The smallest absolute Gasteiger partial charge is 0.406 e. The standard InChI is InChI=1S/C29H20F7N5O4S2/c1-14-3-9-18(23(44-2)28(31,32)33)21(11-14)41-22(42)13-46-27(41)38-26(43)37-20-10-6-16(12-19(20)30)25-40-39-24(47-25)15-4-7-17(8-5-15)45-29(34,35)36/h3-12,23H,13H2,1-2H3,(H,37,43). The molecule has 47 heavy (non-hydrogen) atoms. The minimum atomic E-state index is -4.84. The molecule has 5 rings (SSSR count). The number of anilines is 2. The Labute approximate surface area is 269 Å². The van der Waals surface area contributed by atoms with Crippen molar-refractivity contribution in [2.45, 2.75) is 25.6 Å². The predicted octanol–water partition coefficient (Wildman–Crippen LogP) is 8.14. The number of benzene rings is 3. The lowest BCUT2D eigenvalue weighted by Crippen LogP contribution is -2.33. The molecule has 1 aliphatic rings. The first-order valence-electron chi connectivity index (χ1n) is 13.2. The first-order chi connectivity index (χ1) is 22.1. The van der Waals surface area contributed by atoms with Gasteiger partial charge in [-0.2, -0.15) is 18.2 Å². The Morgan fingerprint density at radius 1 is 0.979 bits per heavy atom. The fraction of sp³-hybridized carbons (Fsp3) is 0.207. The van der Waals surface area contributed by atoms with Crippen LogP contribution < -0.4 is 15.0 Å². The number of aryl methyl sites for hydroxylation is 1. The van der Waals surface area contributed by atoms with Crippen LogP contribution in [-0.2, 0) is 9.53 Å². The molecule has 18 heteroatoms. The van der Waals surface area contributed by atoms with Gasteiger partial charge in [-0.3, -0.25) is 9.69 Å². The Morgan fingerprint density at radius 3 is 2.26 bits per heavy atom. The minimum absolute atomic E-state index is 0.159. The van der Waals surface area contributed by atoms with Crippen molar-refractivity contribution in [2.24, 2.45) is 4.99 Å². The zero-order valence-electron chi connectivity index (χ0n) is 23.9. The first kappa shape index (κ1) is 33.8. The summed E-state index contributed by atoms with van der Waals surface area (Å²) in [6, 6.07) is 11.5. The number of ether oxygens (including phenoxy) is 2. The number of hydrogen-bond acceptors (Lipinski definition) is 8. The fourth-order valence-corrected chi connectivity index (χ4v) is 6.13. The third-order valence-electron chi connectivity index (χ3n) is 6.42. The number of urea groups is 1. The van der Waals surface area contributed by atoms with Crippen LogP contribution in [0.4, 0.5) is 46.9 Å². The highest BCUT2D eigenvalue weighted by Gasteiger charge is 2.44. The average Bonchev–Trinajstić information content (AvgIpc) is 3.61. The van der Waals surface area contributed by atoms with E-state index >= 15 is 4.39 Å². The zero-order valence-corrected chi connectivity index (χ0v) is 25.6. The maximum atomic E-state index is 15.1. The molecule has 4 aromatic rings. The zero-order chi connectivity index (χ0) is 34.1. The summed E-state index contributed by atoms with van der Waals surface area (Å²) in [5.74, 6) is -2.13. The highest BCUT2D eigenvalue weighted by molar-refractivity contribution is 8.15. The summed E-state index contributed by atoms with van der Waals surface area (Å²) in [5.41, 5.74) is 0.448. The van der Waals surface area contributed by atoms with Gasteiger partial charge < -0.3 is 14.8 Å². The Kier molecular flexibility index (Phi) is 9.55. The second kappa shape index (κ2) is 13.3. The number of amides is 3. The lowest BCUT2D eigenvalue weighted by Gasteiger charge is -2.26. The number of nitrogens with one attached hydrogen (secondary N) is 1. The van der Waals surface area contributed by atoms with Crippen LogP contribution in [0.1, 0.15) is 17.2 Å². The van der Waals surface area contributed by atoms with Crippen molar-refractivity contribution < 1.29 is 49.8 Å². The van der Waals surface area contributed by atoms with E-state index in [0.717, 1.165) is 53.3 Å². The van der Waals surface area contributed by atoms with Gasteiger partial charge in [-0.05, 0) is 61.0 Å². The van der Waals surface area contributed by atoms with Crippen LogP contribution >= 0.6 is 23.1 Å². The lowest BCUT2D eigenvalue weighted by molar-refractivity contribution is -0.274. The number of aromatic nitrogens is 2. The highest BCUT2D eigenvalue weighted by atomic mass is 32.2. The Morgan fingerprint density at radius 2 is 1.64 bits per heavy atom. The van der Waals surface area contributed by atoms with Gasteiger partial charge in [0.1, 0.15) is 21.6 Å². The molecule has 2 heterocycles. The fourth-order valence-electron chi connectivity index (χ4n) is 4.42. The Bertz CT molecular complexity index is 1850. The second-order valence-electron chi connectivity index (χ2n) is 9.74. The van der Waals surface area contributed by atoms with E-state index in [1.807, 2.05) is 0 Å². The van der Waals surface area contributed by atoms with Gasteiger partial charge in [0.15, 0.2) is 11.3 Å². The summed E-state index contributed by atoms with van der Waals surface area (Å²) < 4.78 is 102. The van der Waals surface area contributed by atoms with Crippen LogP contribution in [0.2, 0.25) is 0 Å². The molecule has 1 saturated heterocycles. The number of thioether (sulfide) groups is 1. The van der Waals surface area contributed by atoms with Gasteiger partial charge in [0, 0.05) is 23.8 Å². The molecule has 1 aromatic heterocycles. The van der Waals surface area contributed by atoms with Crippen LogP contribution in [0.25, 0.3) is 21.1 Å². The summed E-state index contributed by atoms with van der Waals surface area (Å²) in [6.07, 6.45) is -12.0. The summed E-state index contributed by atoms with van der Waals surface area (Å²) >= 11 is 1.85. The molecule has 0 aliphatic carbocycles. The number of alkyl halides is 6. The normalized spacial score (nSPS) is 15.3. The van der Waals surface area contributed by atoms with Gasteiger partial charge in [-0.25, -0.2) is 9.18 Å². The molecule has 1 unspecified atom stereocenters. The molecular weight excluding hydrogens is 679 g/mol. The third kappa shape index (κ3) is 7.88. The summed E-state index contributed by atoms with van der Waals surface area (Å²) in [4.78, 5) is 30.3. The number of halogens is 7. The van der Waals surface area contributed by atoms with E-state index < -0.39 is 42.1 Å². The molecule has 1 N–H and O–H groups in total. The van der Waals surface area contributed by atoms with E-state index in [4.69, 9.17) is 4.74 Å². The molecule has 9 nitrogen and oxygen atoms in total. The lowest BCUT2D eigenvalue weighted by atomic mass is 10.0. The number of methoxy groups -OCH3 is 1. The molecule has 0 bridgehead atoms. The van der Waals surface area contributed by atoms with Gasteiger partial charge in [-0.1, -0.05) is 35.2 Å². The van der Waals surface area contributed by atoms with Crippen molar-refractivity contribution in [2.75, 3.05) is 23.1 Å². The molecule has 3 amide bonds. The summed E-state index contributed by atoms with van der Waals surface area (Å²) in [7, 11) is 0.882. The Balaban J connectivity index is 1.33. The summed E-state index contributed by atoms with van der Waals surface area (Å²) in [6.45, 7) is 1.61. The maximum Gasteiger partial charge on any atom is 0.573 e. The molecule has 3 aromatic carbocycles. The van der Waals surface area contributed by atoms with Crippen LogP contribution in [0.5, 0.6) is 5.75 Å². The number of hydrogen-bond donors (Lipinski definition) is 1. The minimum Gasteiger partial charge on any atom is -0.406 e. The molecule has 0 saturated carbocycles. The van der Waals surface area contributed by atoms with Crippen LogP contribution in [0.15, 0.2) is 65.7 Å². The highest BCUT2D eigenvalue weighted by Crippen LogP contribution is 2.42. The van der Waals surface area contributed by atoms with E-state index in [2.05, 4.69) is 25.2 Å². The monoisotopic (exact) mass is 699 g/mol. The van der Waals surface area contributed by atoms with Gasteiger partial charge in [0.2, 0.25) is 5.91 Å². The van der Waals surface area contributed by atoms with Crippen molar-refractivity contribution in [1.29, 1.82) is 0 Å². The third-order valence-corrected chi connectivity index (χ3v) is 8.37. The van der Waals surface area contributed by atoms with Crippen molar-refractivity contribution in [3.63, 3.8) is 0 Å². The second-order valence-corrected chi connectivity index (χ2v) is 11.7. The molecule has 1 atom stereocenters. The average molecular weight is 700 g/mol. The largest absolute Gasteiger partial charge is 0.573 e. The predicted molar refractivity (Wildman–Crippen MR) is 161 cm³/mol. The number of carbonyl (C=O) groups excluding carboxylic acids is 2. The molecular formula is C29H20F7N5O4S2. The Hall–Kier alpha value is -4.55.